The van der Waals surface area contributed by atoms with Gasteiger partial charge in [0.2, 0.25) is 0 Å². The second-order valence-corrected chi connectivity index (χ2v) is 7.51. The first-order chi connectivity index (χ1) is 13.7. The molecule has 3 aromatic carbocycles. The Morgan fingerprint density at radius 2 is 1.75 bits per heavy atom. The van der Waals surface area contributed by atoms with Crippen molar-refractivity contribution in [1.29, 1.82) is 0 Å². The molecule has 1 heterocycles. The van der Waals surface area contributed by atoms with E-state index in [2.05, 4.69) is 56.1 Å². The van der Waals surface area contributed by atoms with Crippen molar-refractivity contribution in [3.8, 4) is 0 Å². The van der Waals surface area contributed by atoms with Gasteiger partial charge in [-0.1, -0.05) is 64.5 Å². The van der Waals surface area contributed by atoms with E-state index in [1.54, 1.807) is 6.07 Å². The third-order valence-electron chi connectivity index (χ3n) is 4.69. The van der Waals surface area contributed by atoms with Gasteiger partial charge < -0.3 is 9.88 Å². The van der Waals surface area contributed by atoms with Gasteiger partial charge in [0.25, 0.3) is 5.91 Å². The number of carbonyl (C=O) groups is 1. The number of rotatable bonds is 6. The van der Waals surface area contributed by atoms with E-state index in [1.807, 2.05) is 42.5 Å². The second-order valence-electron chi connectivity index (χ2n) is 6.60. The van der Waals surface area contributed by atoms with Crippen molar-refractivity contribution in [3.63, 3.8) is 0 Å². The Balaban J connectivity index is 1.55. The molecule has 0 bridgehead atoms. The van der Waals surface area contributed by atoms with Crippen LogP contribution in [0.5, 0.6) is 0 Å². The van der Waals surface area contributed by atoms with E-state index in [0.717, 1.165) is 34.3 Å². The summed E-state index contributed by atoms with van der Waals surface area (Å²) in [5.41, 5.74) is 3.94. The number of para-hydroxylation sites is 2. The molecule has 4 aromatic rings. The van der Waals surface area contributed by atoms with Crippen LogP contribution in [0.4, 0.5) is 0 Å². The SMILES string of the molecule is O=C(NCc1nc2ccccc2n1CCc1ccccc1)c1cccc(Br)c1. The molecule has 5 heteroatoms. The number of imidazole rings is 1. The molecule has 0 atom stereocenters. The van der Waals surface area contributed by atoms with Crippen LogP contribution in [-0.4, -0.2) is 15.5 Å². The van der Waals surface area contributed by atoms with Gasteiger partial charge in [-0.3, -0.25) is 4.79 Å². The number of benzene rings is 3. The number of carbonyl (C=O) groups excluding carboxylic acids is 1. The van der Waals surface area contributed by atoms with Crippen LogP contribution in [0.25, 0.3) is 11.0 Å². The summed E-state index contributed by atoms with van der Waals surface area (Å²) in [5, 5.41) is 3.00. The summed E-state index contributed by atoms with van der Waals surface area (Å²) in [5.74, 6) is 0.753. The normalized spacial score (nSPS) is 10.9. The van der Waals surface area contributed by atoms with E-state index in [1.165, 1.54) is 5.56 Å². The number of hydrogen-bond donors (Lipinski definition) is 1. The predicted molar refractivity (Wildman–Crippen MR) is 115 cm³/mol. The molecular weight excluding hydrogens is 414 g/mol. The number of halogens is 1. The molecule has 0 fully saturated rings. The van der Waals surface area contributed by atoms with Crippen LogP contribution >= 0.6 is 15.9 Å². The highest BCUT2D eigenvalue weighted by Crippen LogP contribution is 2.18. The molecule has 0 unspecified atom stereocenters. The van der Waals surface area contributed by atoms with Crippen LogP contribution in [0.1, 0.15) is 21.7 Å². The molecule has 0 aliphatic rings. The van der Waals surface area contributed by atoms with Crippen molar-refractivity contribution in [1.82, 2.24) is 14.9 Å². The quantitative estimate of drug-likeness (QED) is 0.466. The van der Waals surface area contributed by atoms with Gasteiger partial charge >= 0.3 is 0 Å². The maximum Gasteiger partial charge on any atom is 0.251 e. The van der Waals surface area contributed by atoms with Crippen LogP contribution in [-0.2, 0) is 19.5 Å². The smallest absolute Gasteiger partial charge is 0.251 e. The molecule has 0 spiro atoms. The van der Waals surface area contributed by atoms with Gasteiger partial charge in [0.1, 0.15) is 5.82 Å². The first-order valence-corrected chi connectivity index (χ1v) is 10.0. The number of amides is 1. The highest BCUT2D eigenvalue weighted by Gasteiger charge is 2.12. The van der Waals surface area contributed by atoms with Crippen LogP contribution in [0, 0.1) is 0 Å². The number of nitrogens with zero attached hydrogens (tertiary/aromatic N) is 2. The molecule has 28 heavy (non-hydrogen) atoms. The number of aromatic nitrogens is 2. The van der Waals surface area contributed by atoms with E-state index in [0.29, 0.717) is 12.1 Å². The molecule has 0 radical (unpaired) electrons. The molecule has 140 valence electrons. The van der Waals surface area contributed by atoms with E-state index in [9.17, 15) is 4.79 Å². The molecule has 0 saturated heterocycles. The molecule has 4 nitrogen and oxygen atoms in total. The van der Waals surface area contributed by atoms with Crippen molar-refractivity contribution in [2.24, 2.45) is 0 Å². The summed E-state index contributed by atoms with van der Waals surface area (Å²) in [7, 11) is 0. The molecule has 0 saturated carbocycles. The molecule has 0 aliphatic carbocycles. The highest BCUT2D eigenvalue weighted by molar-refractivity contribution is 9.10. The summed E-state index contributed by atoms with van der Waals surface area (Å²) < 4.78 is 3.08. The Hall–Kier alpha value is -2.92. The molecule has 4 rings (SSSR count). The average Bonchev–Trinajstić information content (AvgIpc) is 3.08. The van der Waals surface area contributed by atoms with Gasteiger partial charge in [0, 0.05) is 16.6 Å². The summed E-state index contributed by atoms with van der Waals surface area (Å²) in [6, 6.07) is 25.9. The van der Waals surface area contributed by atoms with Crippen molar-refractivity contribution in [3.05, 3.63) is 100 Å². The zero-order valence-electron chi connectivity index (χ0n) is 15.3. The monoisotopic (exact) mass is 433 g/mol. The zero-order valence-corrected chi connectivity index (χ0v) is 16.9. The minimum Gasteiger partial charge on any atom is -0.345 e. The third-order valence-corrected chi connectivity index (χ3v) is 5.19. The highest BCUT2D eigenvalue weighted by atomic mass is 79.9. The Bertz CT molecular complexity index is 1110. The lowest BCUT2D eigenvalue weighted by Gasteiger charge is -2.11. The van der Waals surface area contributed by atoms with Gasteiger partial charge in [0.05, 0.1) is 17.6 Å². The van der Waals surface area contributed by atoms with Crippen LogP contribution in [0.2, 0.25) is 0 Å². The first-order valence-electron chi connectivity index (χ1n) is 9.22. The van der Waals surface area contributed by atoms with Gasteiger partial charge in [-0.2, -0.15) is 0 Å². The summed E-state index contributed by atoms with van der Waals surface area (Å²) >= 11 is 3.41. The minimum atomic E-state index is -0.108. The zero-order chi connectivity index (χ0) is 19.3. The molecule has 1 aromatic heterocycles. The van der Waals surface area contributed by atoms with Crippen LogP contribution in [0.15, 0.2) is 83.3 Å². The van der Waals surface area contributed by atoms with Crippen molar-refractivity contribution < 1.29 is 4.79 Å². The average molecular weight is 434 g/mol. The molecule has 1 N–H and O–H groups in total. The first kappa shape index (κ1) is 18.4. The van der Waals surface area contributed by atoms with Gasteiger partial charge in [0.15, 0.2) is 0 Å². The third kappa shape index (κ3) is 4.15. The summed E-state index contributed by atoms with van der Waals surface area (Å²) in [6.07, 6.45) is 0.910. The fraction of sp³-hybridized carbons (Fsp3) is 0.130. The minimum absolute atomic E-state index is 0.108. The predicted octanol–water partition coefficient (Wildman–Crippen LogP) is 4.97. The van der Waals surface area contributed by atoms with E-state index >= 15 is 0 Å². The van der Waals surface area contributed by atoms with E-state index in [-0.39, 0.29) is 5.91 Å². The van der Waals surface area contributed by atoms with E-state index in [4.69, 9.17) is 4.98 Å². The lowest BCUT2D eigenvalue weighted by molar-refractivity contribution is 0.0949. The van der Waals surface area contributed by atoms with Gasteiger partial charge in [-0.05, 0) is 42.3 Å². The maximum atomic E-state index is 12.5. The topological polar surface area (TPSA) is 46.9 Å². The number of fused-ring (bicyclic) bond motifs is 1. The Labute approximate surface area is 172 Å². The largest absolute Gasteiger partial charge is 0.345 e. The number of hydrogen-bond acceptors (Lipinski definition) is 2. The standard InChI is InChI=1S/C23H20BrN3O/c24-19-10-6-9-18(15-19)23(28)25-16-22-26-20-11-4-5-12-21(20)27(22)14-13-17-7-2-1-3-8-17/h1-12,15H,13-14,16H2,(H,25,28). The molecular formula is C23H20BrN3O. The van der Waals surface area contributed by atoms with Crippen LogP contribution in [0.3, 0.4) is 0 Å². The summed E-state index contributed by atoms with van der Waals surface area (Å²) in [4.78, 5) is 17.3. The fourth-order valence-corrected chi connectivity index (χ4v) is 3.69. The number of nitrogens with one attached hydrogen (secondary N) is 1. The van der Waals surface area contributed by atoms with Crippen molar-refractivity contribution >= 4 is 32.9 Å². The van der Waals surface area contributed by atoms with Crippen molar-refractivity contribution in [2.75, 3.05) is 0 Å². The fourth-order valence-electron chi connectivity index (χ4n) is 3.29. The van der Waals surface area contributed by atoms with E-state index < -0.39 is 0 Å². The lowest BCUT2D eigenvalue weighted by atomic mass is 10.1. The molecule has 0 aliphatic heterocycles. The molecule has 1 amide bonds. The van der Waals surface area contributed by atoms with Gasteiger partial charge in [-0.15, -0.1) is 0 Å². The summed E-state index contributed by atoms with van der Waals surface area (Å²) in [6.45, 7) is 1.20. The van der Waals surface area contributed by atoms with Crippen molar-refractivity contribution in [2.45, 2.75) is 19.5 Å². The Morgan fingerprint density at radius 1 is 0.964 bits per heavy atom. The Kier molecular flexibility index (Phi) is 5.53. The van der Waals surface area contributed by atoms with Crippen LogP contribution < -0.4 is 5.32 Å². The maximum absolute atomic E-state index is 12.5. The Morgan fingerprint density at radius 3 is 2.57 bits per heavy atom. The van der Waals surface area contributed by atoms with Gasteiger partial charge in [-0.25, -0.2) is 4.98 Å². The number of aryl methyl sites for hydroxylation is 2. The second kappa shape index (κ2) is 8.40. The lowest BCUT2D eigenvalue weighted by Crippen LogP contribution is -2.25.